The van der Waals surface area contributed by atoms with E-state index in [1.54, 1.807) is 17.4 Å². The van der Waals surface area contributed by atoms with Gasteiger partial charge in [0.1, 0.15) is 5.56 Å². The van der Waals surface area contributed by atoms with Gasteiger partial charge in [0.2, 0.25) is 0 Å². The summed E-state index contributed by atoms with van der Waals surface area (Å²) in [6.45, 7) is 0.282. The Balaban J connectivity index is 1.65. The number of thiophene rings is 1. The third-order valence-corrected chi connectivity index (χ3v) is 4.88. The van der Waals surface area contributed by atoms with Crippen molar-refractivity contribution in [2.75, 3.05) is 13.2 Å². The summed E-state index contributed by atoms with van der Waals surface area (Å²) in [5.41, 5.74) is 2.32. The van der Waals surface area contributed by atoms with E-state index in [-0.39, 0.29) is 18.1 Å². The molecule has 0 saturated heterocycles. The van der Waals surface area contributed by atoms with Crippen LogP contribution in [0.1, 0.15) is 15.9 Å². The molecule has 0 fully saturated rings. The number of carbonyl (C=O) groups excluding carboxylic acids is 1. The third kappa shape index (κ3) is 4.47. The van der Waals surface area contributed by atoms with Crippen molar-refractivity contribution in [3.63, 3.8) is 0 Å². The number of hydrogen-bond acceptors (Lipinski definition) is 4. The maximum atomic E-state index is 12.3. The first-order chi connectivity index (χ1) is 12.7. The fraction of sp³-hybridized carbons (Fsp3) is 0.200. The zero-order chi connectivity index (χ0) is 18.4. The summed E-state index contributed by atoms with van der Waals surface area (Å²) in [4.78, 5) is 27.3. The minimum Gasteiger partial charge on any atom is -0.396 e. The van der Waals surface area contributed by atoms with Crippen molar-refractivity contribution in [1.82, 2.24) is 10.3 Å². The van der Waals surface area contributed by atoms with E-state index >= 15 is 0 Å². The Morgan fingerprint density at radius 3 is 2.62 bits per heavy atom. The van der Waals surface area contributed by atoms with Crippen molar-refractivity contribution >= 4 is 17.2 Å². The molecule has 0 spiro atoms. The van der Waals surface area contributed by atoms with Crippen LogP contribution in [0.25, 0.3) is 11.3 Å². The quantitative estimate of drug-likeness (QED) is 0.600. The highest BCUT2D eigenvalue weighted by Gasteiger charge is 2.15. The Hall–Kier alpha value is -2.70. The molecule has 1 aromatic carbocycles. The molecule has 3 N–H and O–H groups in total. The smallest absolute Gasteiger partial charge is 0.261 e. The zero-order valence-electron chi connectivity index (χ0n) is 14.1. The summed E-state index contributed by atoms with van der Waals surface area (Å²) < 4.78 is 0. The second-order valence-corrected chi connectivity index (χ2v) is 6.86. The third-order valence-electron chi connectivity index (χ3n) is 4.15. The number of aromatic nitrogens is 1. The lowest BCUT2D eigenvalue weighted by Crippen LogP contribution is -2.34. The number of hydrogen-bond donors (Lipinski definition) is 3. The van der Waals surface area contributed by atoms with Crippen LogP contribution >= 0.6 is 11.3 Å². The molecule has 0 bridgehead atoms. The van der Waals surface area contributed by atoms with Gasteiger partial charge in [0.25, 0.3) is 11.5 Å². The van der Waals surface area contributed by atoms with Gasteiger partial charge in [-0.05, 0) is 46.5 Å². The average molecular weight is 368 g/mol. The van der Waals surface area contributed by atoms with E-state index in [2.05, 4.69) is 10.3 Å². The zero-order valence-corrected chi connectivity index (χ0v) is 15.0. The van der Waals surface area contributed by atoms with Crippen LogP contribution in [0.4, 0.5) is 0 Å². The molecule has 0 aliphatic heterocycles. The van der Waals surface area contributed by atoms with Crippen molar-refractivity contribution in [3.8, 4) is 11.3 Å². The van der Waals surface area contributed by atoms with Gasteiger partial charge in [0.15, 0.2) is 0 Å². The second kappa shape index (κ2) is 8.60. The SMILES string of the molecule is O=C(NC[C@H](CO)Cc1ccsc1)c1ccc(-c2ccccc2)[nH]c1=O. The highest BCUT2D eigenvalue weighted by Crippen LogP contribution is 2.15. The molecule has 2 heterocycles. The average Bonchev–Trinajstić information content (AvgIpc) is 3.18. The van der Waals surface area contributed by atoms with Gasteiger partial charge in [-0.2, -0.15) is 11.3 Å². The van der Waals surface area contributed by atoms with E-state index in [1.807, 2.05) is 47.2 Å². The number of benzene rings is 1. The fourth-order valence-corrected chi connectivity index (χ4v) is 3.40. The highest BCUT2D eigenvalue weighted by atomic mass is 32.1. The number of amides is 1. The van der Waals surface area contributed by atoms with Crippen molar-refractivity contribution in [3.05, 3.63) is 80.8 Å². The predicted molar refractivity (Wildman–Crippen MR) is 103 cm³/mol. The second-order valence-electron chi connectivity index (χ2n) is 6.08. The number of rotatable bonds is 7. The lowest BCUT2D eigenvalue weighted by atomic mass is 10.0. The van der Waals surface area contributed by atoms with Crippen LogP contribution in [0.15, 0.2) is 64.1 Å². The van der Waals surface area contributed by atoms with Crippen LogP contribution in [-0.2, 0) is 6.42 Å². The van der Waals surface area contributed by atoms with Crippen LogP contribution in [0.2, 0.25) is 0 Å². The molecule has 26 heavy (non-hydrogen) atoms. The lowest BCUT2D eigenvalue weighted by Gasteiger charge is -2.14. The van der Waals surface area contributed by atoms with E-state index < -0.39 is 11.5 Å². The van der Waals surface area contributed by atoms with Crippen molar-refractivity contribution < 1.29 is 9.90 Å². The molecule has 0 aliphatic rings. The molecule has 3 rings (SSSR count). The Labute approximate surface area is 155 Å². The van der Waals surface area contributed by atoms with Gasteiger partial charge < -0.3 is 15.4 Å². The first-order valence-electron chi connectivity index (χ1n) is 8.36. The van der Waals surface area contributed by atoms with E-state index in [4.69, 9.17) is 0 Å². The molecule has 2 aromatic heterocycles. The van der Waals surface area contributed by atoms with Gasteiger partial charge in [-0.1, -0.05) is 30.3 Å². The van der Waals surface area contributed by atoms with Gasteiger partial charge in [-0.15, -0.1) is 0 Å². The van der Waals surface area contributed by atoms with Crippen LogP contribution in [0.5, 0.6) is 0 Å². The lowest BCUT2D eigenvalue weighted by molar-refractivity contribution is 0.0938. The van der Waals surface area contributed by atoms with Crippen LogP contribution < -0.4 is 10.9 Å². The molecular formula is C20H20N2O3S. The fourth-order valence-electron chi connectivity index (χ4n) is 2.71. The van der Waals surface area contributed by atoms with E-state index in [1.165, 1.54) is 6.07 Å². The topological polar surface area (TPSA) is 82.2 Å². The number of carbonyl (C=O) groups is 1. The van der Waals surface area contributed by atoms with Crippen molar-refractivity contribution in [1.29, 1.82) is 0 Å². The van der Waals surface area contributed by atoms with E-state index in [0.717, 1.165) is 11.1 Å². The maximum absolute atomic E-state index is 12.3. The Bertz CT molecular complexity index is 904. The van der Waals surface area contributed by atoms with Gasteiger partial charge in [-0.3, -0.25) is 9.59 Å². The van der Waals surface area contributed by atoms with Gasteiger partial charge >= 0.3 is 0 Å². The largest absolute Gasteiger partial charge is 0.396 e. The molecule has 0 unspecified atom stereocenters. The Kier molecular flexibility index (Phi) is 5.99. The number of aliphatic hydroxyl groups is 1. The predicted octanol–water partition coefficient (Wildman–Crippen LogP) is 2.68. The summed E-state index contributed by atoms with van der Waals surface area (Å²) in [6.07, 6.45) is 0.684. The van der Waals surface area contributed by atoms with Gasteiger partial charge in [0, 0.05) is 24.8 Å². The van der Waals surface area contributed by atoms with Gasteiger partial charge in [-0.25, -0.2) is 0 Å². The van der Waals surface area contributed by atoms with Crippen LogP contribution in [0.3, 0.4) is 0 Å². The highest BCUT2D eigenvalue weighted by molar-refractivity contribution is 7.07. The molecular weight excluding hydrogens is 348 g/mol. The standard InChI is InChI=1S/C20H20N2O3S/c23-12-15(10-14-8-9-26-13-14)11-21-19(24)17-6-7-18(22-20(17)25)16-4-2-1-3-5-16/h1-9,13,15,23H,10-12H2,(H,21,24)(H,22,25)/t15-/m1/s1. The minimum atomic E-state index is -0.436. The number of pyridine rings is 1. The first kappa shape index (κ1) is 18.1. The molecule has 6 heteroatoms. The van der Waals surface area contributed by atoms with E-state index in [0.29, 0.717) is 18.7 Å². The van der Waals surface area contributed by atoms with Crippen LogP contribution in [-0.4, -0.2) is 29.1 Å². The summed E-state index contributed by atoms with van der Waals surface area (Å²) in [5.74, 6) is -0.522. The first-order valence-corrected chi connectivity index (χ1v) is 9.30. The summed E-state index contributed by atoms with van der Waals surface area (Å²) in [6, 6.07) is 14.7. The minimum absolute atomic E-state index is 0.0283. The monoisotopic (exact) mass is 368 g/mol. The number of nitrogens with one attached hydrogen (secondary N) is 2. The molecule has 3 aromatic rings. The van der Waals surface area contributed by atoms with Crippen LogP contribution in [0, 0.1) is 5.92 Å². The van der Waals surface area contributed by atoms with Crippen molar-refractivity contribution in [2.24, 2.45) is 5.92 Å². The van der Waals surface area contributed by atoms with Gasteiger partial charge in [0.05, 0.1) is 0 Å². The molecule has 0 aliphatic carbocycles. The molecule has 1 amide bonds. The summed E-state index contributed by atoms with van der Waals surface area (Å²) in [5, 5.41) is 16.3. The number of aliphatic hydroxyl groups excluding tert-OH is 1. The maximum Gasteiger partial charge on any atom is 0.261 e. The normalized spacial score (nSPS) is 11.9. The Morgan fingerprint density at radius 2 is 1.96 bits per heavy atom. The summed E-state index contributed by atoms with van der Waals surface area (Å²) >= 11 is 1.60. The molecule has 1 atom stereocenters. The molecule has 5 nitrogen and oxygen atoms in total. The van der Waals surface area contributed by atoms with Crippen molar-refractivity contribution in [2.45, 2.75) is 6.42 Å². The molecule has 134 valence electrons. The summed E-state index contributed by atoms with van der Waals surface area (Å²) in [7, 11) is 0. The number of H-pyrrole nitrogens is 1. The Morgan fingerprint density at radius 1 is 1.15 bits per heavy atom. The van der Waals surface area contributed by atoms with E-state index in [9.17, 15) is 14.7 Å². The number of aromatic amines is 1. The molecule has 0 radical (unpaired) electrons. The molecule has 0 saturated carbocycles.